The van der Waals surface area contributed by atoms with Crippen LogP contribution in [0.1, 0.15) is 20.8 Å². The minimum atomic E-state index is -0.0434. The highest BCUT2D eigenvalue weighted by molar-refractivity contribution is 8.23. The molecule has 0 spiro atoms. The third kappa shape index (κ3) is 5.85. The van der Waals surface area contributed by atoms with Crippen molar-refractivity contribution in [3.63, 3.8) is 0 Å². The molecule has 1 rings (SSSR count). The van der Waals surface area contributed by atoms with Crippen LogP contribution in [0.15, 0.2) is 24.3 Å². The fraction of sp³-hybridized carbons (Fsp3) is 0.500. The number of anilines is 2. The van der Waals surface area contributed by atoms with Crippen molar-refractivity contribution in [3.8, 4) is 0 Å². The van der Waals surface area contributed by atoms with Crippen LogP contribution >= 0.6 is 24.0 Å². The molecule has 0 fully saturated rings. The summed E-state index contributed by atoms with van der Waals surface area (Å²) < 4.78 is 0.709. The lowest BCUT2D eigenvalue weighted by molar-refractivity contribution is -0.113. The van der Waals surface area contributed by atoms with E-state index in [1.165, 1.54) is 17.4 Å². The Hall–Kier alpha value is -1.27. The summed E-state index contributed by atoms with van der Waals surface area (Å²) in [6, 6.07) is 8.40. The van der Waals surface area contributed by atoms with Crippen LogP contribution in [0.3, 0.4) is 0 Å². The maximum atomic E-state index is 11.9. The van der Waals surface area contributed by atoms with Gasteiger partial charge in [0.1, 0.15) is 4.32 Å². The Morgan fingerprint density at radius 3 is 2.32 bits per heavy atom. The van der Waals surface area contributed by atoms with Gasteiger partial charge in [-0.25, -0.2) is 0 Å². The van der Waals surface area contributed by atoms with E-state index in [2.05, 4.69) is 31.0 Å². The van der Waals surface area contributed by atoms with Crippen molar-refractivity contribution in [2.45, 2.75) is 26.8 Å². The lowest BCUT2D eigenvalue weighted by atomic mass is 10.2. The van der Waals surface area contributed by atoms with Gasteiger partial charge in [0.15, 0.2) is 0 Å². The fourth-order valence-electron chi connectivity index (χ4n) is 2.04. The molecule has 0 aromatic heterocycles. The first-order valence-electron chi connectivity index (χ1n) is 7.35. The Morgan fingerprint density at radius 1 is 1.27 bits per heavy atom. The molecule has 0 unspecified atom stereocenters. The summed E-state index contributed by atoms with van der Waals surface area (Å²) >= 11 is 6.51. The monoisotopic (exact) mass is 339 g/mol. The lowest BCUT2D eigenvalue weighted by Crippen LogP contribution is -2.30. The van der Waals surface area contributed by atoms with Gasteiger partial charge in [0.2, 0.25) is 5.91 Å². The minimum Gasteiger partial charge on any atom is -0.369 e. The zero-order chi connectivity index (χ0) is 16.7. The van der Waals surface area contributed by atoms with Gasteiger partial charge in [0.25, 0.3) is 0 Å². The average Bonchev–Trinajstić information content (AvgIpc) is 2.46. The summed E-state index contributed by atoms with van der Waals surface area (Å²) in [6.45, 7) is 7.44. The zero-order valence-electron chi connectivity index (χ0n) is 13.9. The maximum Gasteiger partial charge on any atom is 0.234 e. The number of thiocarbonyl (C=S) groups is 1. The Bertz CT molecular complexity index is 501. The average molecular weight is 340 g/mol. The van der Waals surface area contributed by atoms with Gasteiger partial charge in [0, 0.05) is 38.1 Å². The number of nitrogens with zero attached hydrogens (tertiary/aromatic N) is 2. The molecule has 0 saturated carbocycles. The quantitative estimate of drug-likeness (QED) is 0.803. The number of rotatable bonds is 6. The van der Waals surface area contributed by atoms with Crippen LogP contribution in [0.2, 0.25) is 0 Å². The highest BCUT2D eigenvalue weighted by atomic mass is 32.2. The van der Waals surface area contributed by atoms with E-state index in [0.29, 0.717) is 16.1 Å². The standard InChI is InChI=1S/C16H25N3OS2/c1-6-19(12(2)3)14-9-7-13(8-10-14)17-15(20)11-22-16(21)18(4)5/h7-10,12H,6,11H2,1-5H3,(H,17,20). The fourth-order valence-corrected chi connectivity index (χ4v) is 2.80. The van der Waals surface area contributed by atoms with Gasteiger partial charge in [-0.15, -0.1) is 0 Å². The number of carbonyl (C=O) groups excluding carboxylic acids is 1. The SMILES string of the molecule is CCN(c1ccc(NC(=O)CSC(=S)N(C)C)cc1)C(C)C. The number of amides is 1. The highest BCUT2D eigenvalue weighted by Gasteiger charge is 2.09. The van der Waals surface area contributed by atoms with Crippen molar-refractivity contribution in [1.29, 1.82) is 0 Å². The first-order chi connectivity index (χ1) is 10.3. The lowest BCUT2D eigenvalue weighted by Gasteiger charge is -2.27. The van der Waals surface area contributed by atoms with E-state index >= 15 is 0 Å². The molecule has 0 bridgehead atoms. The molecule has 0 saturated heterocycles. The zero-order valence-corrected chi connectivity index (χ0v) is 15.6. The van der Waals surface area contributed by atoms with Crippen LogP contribution in [-0.2, 0) is 4.79 Å². The Kier molecular flexibility index (Phi) is 7.68. The molecule has 1 aromatic carbocycles. The van der Waals surface area contributed by atoms with E-state index in [4.69, 9.17) is 12.2 Å². The summed E-state index contributed by atoms with van der Waals surface area (Å²) in [5, 5.41) is 2.89. The molecule has 1 aromatic rings. The second-order valence-corrected chi connectivity index (χ2v) is 7.03. The van der Waals surface area contributed by atoms with Crippen LogP contribution < -0.4 is 10.2 Å². The summed E-state index contributed by atoms with van der Waals surface area (Å²) in [5.41, 5.74) is 1.98. The van der Waals surface area contributed by atoms with Crippen molar-refractivity contribution in [3.05, 3.63) is 24.3 Å². The molecular weight excluding hydrogens is 314 g/mol. The van der Waals surface area contributed by atoms with Crippen molar-refractivity contribution in [1.82, 2.24) is 4.90 Å². The number of nitrogens with one attached hydrogen (secondary N) is 1. The van der Waals surface area contributed by atoms with Crippen molar-refractivity contribution in [2.75, 3.05) is 36.6 Å². The van der Waals surface area contributed by atoms with E-state index in [9.17, 15) is 4.79 Å². The van der Waals surface area contributed by atoms with E-state index in [1.54, 1.807) is 0 Å². The van der Waals surface area contributed by atoms with Crippen LogP contribution in [0.5, 0.6) is 0 Å². The molecule has 22 heavy (non-hydrogen) atoms. The van der Waals surface area contributed by atoms with Crippen LogP contribution in [-0.4, -0.2) is 47.6 Å². The largest absolute Gasteiger partial charge is 0.369 e. The van der Waals surface area contributed by atoms with Gasteiger partial charge in [-0.1, -0.05) is 24.0 Å². The van der Waals surface area contributed by atoms with Crippen molar-refractivity contribution in [2.24, 2.45) is 0 Å². The van der Waals surface area contributed by atoms with Gasteiger partial charge >= 0.3 is 0 Å². The predicted molar refractivity (Wildman–Crippen MR) is 102 cm³/mol. The van der Waals surface area contributed by atoms with E-state index in [1.807, 2.05) is 43.3 Å². The van der Waals surface area contributed by atoms with Gasteiger partial charge in [-0.2, -0.15) is 0 Å². The third-order valence-electron chi connectivity index (χ3n) is 3.14. The summed E-state index contributed by atoms with van der Waals surface area (Å²) in [7, 11) is 3.75. The maximum absolute atomic E-state index is 11.9. The molecule has 122 valence electrons. The summed E-state index contributed by atoms with van der Waals surface area (Å²) in [4.78, 5) is 16.0. The molecule has 1 amide bonds. The van der Waals surface area contributed by atoms with E-state index < -0.39 is 0 Å². The normalized spacial score (nSPS) is 10.5. The first kappa shape index (κ1) is 18.8. The highest BCUT2D eigenvalue weighted by Crippen LogP contribution is 2.20. The van der Waals surface area contributed by atoms with E-state index in [0.717, 1.165) is 12.2 Å². The number of carbonyl (C=O) groups is 1. The molecule has 4 nitrogen and oxygen atoms in total. The van der Waals surface area contributed by atoms with Gasteiger partial charge in [0.05, 0.1) is 5.75 Å². The Balaban J connectivity index is 2.57. The molecule has 0 aliphatic rings. The Morgan fingerprint density at radius 2 is 1.86 bits per heavy atom. The smallest absolute Gasteiger partial charge is 0.234 e. The summed E-state index contributed by atoms with van der Waals surface area (Å²) in [5.74, 6) is 0.282. The van der Waals surface area contributed by atoms with Gasteiger partial charge < -0.3 is 15.1 Å². The van der Waals surface area contributed by atoms with Crippen LogP contribution in [0.4, 0.5) is 11.4 Å². The van der Waals surface area contributed by atoms with Gasteiger partial charge in [-0.05, 0) is 45.0 Å². The molecule has 1 N–H and O–H groups in total. The molecule has 0 heterocycles. The second kappa shape index (κ2) is 9.00. The number of benzene rings is 1. The third-order valence-corrected chi connectivity index (χ3v) is 4.88. The van der Waals surface area contributed by atoms with Crippen LogP contribution in [0.25, 0.3) is 0 Å². The molecule has 0 aliphatic carbocycles. The molecule has 6 heteroatoms. The topological polar surface area (TPSA) is 35.6 Å². The number of hydrogen-bond acceptors (Lipinski definition) is 4. The predicted octanol–water partition coefficient (Wildman–Crippen LogP) is 3.44. The molecular formula is C16H25N3OS2. The number of hydrogen-bond donors (Lipinski definition) is 1. The summed E-state index contributed by atoms with van der Waals surface area (Å²) in [6.07, 6.45) is 0. The van der Waals surface area contributed by atoms with Crippen LogP contribution in [0, 0.1) is 0 Å². The minimum absolute atomic E-state index is 0.0434. The second-order valence-electron chi connectivity index (χ2n) is 5.42. The first-order valence-corrected chi connectivity index (χ1v) is 8.75. The Labute approximate surface area is 143 Å². The van der Waals surface area contributed by atoms with Gasteiger partial charge in [-0.3, -0.25) is 4.79 Å². The van der Waals surface area contributed by atoms with Crippen molar-refractivity contribution < 1.29 is 4.79 Å². The van der Waals surface area contributed by atoms with Crippen molar-refractivity contribution >= 4 is 45.6 Å². The molecule has 0 aliphatic heterocycles. The molecule has 0 radical (unpaired) electrons. The van der Waals surface area contributed by atoms with E-state index in [-0.39, 0.29) is 5.91 Å². The number of thioether (sulfide) groups is 1. The molecule has 0 atom stereocenters.